The fourth-order valence-electron chi connectivity index (χ4n) is 5.11. The number of rotatable bonds is 9. The smallest absolute Gasteiger partial charge is 0.220 e. The minimum Gasteiger partial charge on any atom is -0.354 e. The van der Waals surface area contributed by atoms with Gasteiger partial charge in [0.05, 0.1) is 0 Å². The molecular weight excluding hydrogens is 445 g/mol. The lowest BCUT2D eigenvalue weighted by Gasteiger charge is -2.46. The first kappa shape index (κ1) is 26.7. The average molecular weight is 483 g/mol. The fraction of sp³-hybridized carbons (Fsp3) is 0.583. The van der Waals surface area contributed by atoms with Gasteiger partial charge in [0.15, 0.2) is 0 Å². The van der Waals surface area contributed by atoms with Crippen LogP contribution >= 0.6 is 24.8 Å². The zero-order valence-electron chi connectivity index (χ0n) is 18.9. The molecule has 0 aliphatic carbocycles. The van der Waals surface area contributed by atoms with Crippen LogP contribution in [0.2, 0.25) is 0 Å². The normalized spacial score (nSPS) is 22.5. The fourth-order valence-corrected chi connectivity index (χ4v) is 5.11. The second-order valence-corrected chi connectivity index (χ2v) is 8.97. The number of amides is 1. The Morgan fingerprint density at radius 1 is 1.22 bits per heavy atom. The second kappa shape index (κ2) is 13.2. The van der Waals surface area contributed by atoms with E-state index in [0.717, 1.165) is 44.2 Å². The molecule has 2 aliphatic heterocycles. The number of carbonyl (C=O) groups is 1. The summed E-state index contributed by atoms with van der Waals surface area (Å²) in [5.41, 5.74) is 1.41. The number of fused-ring (bicyclic) bond motifs is 2. The van der Waals surface area contributed by atoms with Crippen molar-refractivity contribution in [2.75, 3.05) is 26.2 Å². The van der Waals surface area contributed by atoms with Crippen LogP contribution in [0.15, 0.2) is 42.7 Å². The van der Waals surface area contributed by atoms with Crippen molar-refractivity contribution in [3.8, 4) is 0 Å². The number of aryl methyl sites for hydroxylation is 1. The van der Waals surface area contributed by atoms with Gasteiger partial charge in [-0.1, -0.05) is 30.3 Å². The van der Waals surface area contributed by atoms with E-state index in [9.17, 15) is 4.79 Å². The molecule has 6 nitrogen and oxygen atoms in total. The quantitative estimate of drug-likeness (QED) is 0.575. The van der Waals surface area contributed by atoms with E-state index >= 15 is 0 Å². The van der Waals surface area contributed by atoms with Gasteiger partial charge in [0.1, 0.15) is 5.82 Å². The number of halogens is 2. The maximum atomic E-state index is 12.2. The number of likely N-dealkylation sites (tertiary alicyclic amines) is 1. The SMILES string of the molecule is Cc1nccn1CCNC(=O)CCC[C@H]1NC[C@@H]2C[C@H]1CN(Cc1ccccc1)C2.Cl.Cl. The summed E-state index contributed by atoms with van der Waals surface area (Å²) in [5.74, 6) is 2.61. The number of piperidine rings is 2. The van der Waals surface area contributed by atoms with Gasteiger partial charge in [-0.05, 0) is 50.1 Å². The highest BCUT2D eigenvalue weighted by Crippen LogP contribution is 2.31. The standard InChI is InChI=1S/C24H35N5O.2ClH/c1-19-25-10-12-29(19)13-11-26-24(30)9-5-8-23-22-14-21(15-27-23)17-28(18-22)16-20-6-3-2-4-7-20;;/h2-4,6-7,10,12,21-23,27H,5,8-9,11,13-18H2,1H3,(H,26,30);2*1H/t21-,22-,23+;;/m0../s1. The van der Waals surface area contributed by atoms with Crippen molar-refractivity contribution in [3.05, 3.63) is 54.1 Å². The molecule has 2 bridgehead atoms. The van der Waals surface area contributed by atoms with Crippen molar-refractivity contribution in [3.63, 3.8) is 0 Å². The molecule has 2 N–H and O–H groups in total. The van der Waals surface area contributed by atoms with E-state index in [1.807, 2.05) is 13.1 Å². The highest BCUT2D eigenvalue weighted by atomic mass is 35.5. The molecule has 3 atom stereocenters. The molecule has 8 heteroatoms. The Hall–Kier alpha value is -1.60. The van der Waals surface area contributed by atoms with Crippen LogP contribution in [0.4, 0.5) is 0 Å². The van der Waals surface area contributed by atoms with Crippen LogP contribution in [-0.2, 0) is 17.9 Å². The Kier molecular flexibility index (Phi) is 11.0. The summed E-state index contributed by atoms with van der Waals surface area (Å²) in [4.78, 5) is 19.0. The van der Waals surface area contributed by atoms with E-state index in [-0.39, 0.29) is 30.7 Å². The van der Waals surface area contributed by atoms with Gasteiger partial charge in [-0.25, -0.2) is 4.98 Å². The third-order valence-corrected chi connectivity index (χ3v) is 6.65. The van der Waals surface area contributed by atoms with E-state index < -0.39 is 0 Å². The van der Waals surface area contributed by atoms with Gasteiger partial charge in [-0.3, -0.25) is 9.69 Å². The number of hydrogen-bond donors (Lipinski definition) is 2. The lowest BCUT2D eigenvalue weighted by molar-refractivity contribution is -0.121. The third kappa shape index (κ3) is 7.48. The van der Waals surface area contributed by atoms with Crippen molar-refractivity contribution in [1.29, 1.82) is 0 Å². The molecule has 178 valence electrons. The molecule has 0 spiro atoms. The number of nitrogens with zero attached hydrogens (tertiary/aromatic N) is 3. The summed E-state index contributed by atoms with van der Waals surface area (Å²) in [6, 6.07) is 11.3. The first-order chi connectivity index (χ1) is 14.7. The summed E-state index contributed by atoms with van der Waals surface area (Å²) in [6.45, 7) is 7.96. The molecule has 32 heavy (non-hydrogen) atoms. The Balaban J connectivity index is 0.00000181. The van der Waals surface area contributed by atoms with Crippen molar-refractivity contribution < 1.29 is 4.79 Å². The van der Waals surface area contributed by atoms with E-state index in [1.165, 1.54) is 25.1 Å². The zero-order chi connectivity index (χ0) is 20.8. The van der Waals surface area contributed by atoms with E-state index in [2.05, 4.69) is 55.4 Å². The Morgan fingerprint density at radius 3 is 2.78 bits per heavy atom. The highest BCUT2D eigenvalue weighted by Gasteiger charge is 2.35. The lowest BCUT2D eigenvalue weighted by atomic mass is 9.79. The zero-order valence-corrected chi connectivity index (χ0v) is 20.5. The summed E-state index contributed by atoms with van der Waals surface area (Å²) in [5, 5.41) is 6.83. The van der Waals surface area contributed by atoms with Crippen molar-refractivity contribution >= 4 is 30.7 Å². The highest BCUT2D eigenvalue weighted by molar-refractivity contribution is 5.85. The average Bonchev–Trinajstić information content (AvgIpc) is 3.15. The number of hydrogen-bond acceptors (Lipinski definition) is 4. The van der Waals surface area contributed by atoms with Crippen LogP contribution in [0, 0.1) is 18.8 Å². The predicted octanol–water partition coefficient (Wildman–Crippen LogP) is 3.43. The monoisotopic (exact) mass is 481 g/mol. The van der Waals surface area contributed by atoms with Gasteiger partial charge in [0, 0.05) is 57.6 Å². The van der Waals surface area contributed by atoms with Gasteiger partial charge in [-0.2, -0.15) is 0 Å². The summed E-state index contributed by atoms with van der Waals surface area (Å²) in [7, 11) is 0. The maximum Gasteiger partial charge on any atom is 0.220 e. The van der Waals surface area contributed by atoms with Crippen LogP contribution in [0.5, 0.6) is 0 Å². The van der Waals surface area contributed by atoms with Crippen LogP contribution in [0.25, 0.3) is 0 Å². The van der Waals surface area contributed by atoms with E-state index in [4.69, 9.17) is 0 Å². The van der Waals surface area contributed by atoms with E-state index in [0.29, 0.717) is 24.9 Å². The van der Waals surface area contributed by atoms with Crippen molar-refractivity contribution in [2.24, 2.45) is 11.8 Å². The van der Waals surface area contributed by atoms with Crippen LogP contribution in [0.1, 0.15) is 37.1 Å². The molecule has 2 saturated heterocycles. The third-order valence-electron chi connectivity index (χ3n) is 6.65. The molecule has 1 aromatic heterocycles. The molecular formula is C24H37Cl2N5O. The second-order valence-electron chi connectivity index (χ2n) is 8.97. The molecule has 2 aromatic rings. The summed E-state index contributed by atoms with van der Waals surface area (Å²) < 4.78 is 2.06. The number of imidazole rings is 1. The lowest BCUT2D eigenvalue weighted by Crippen LogP contribution is -2.55. The molecule has 2 fully saturated rings. The first-order valence-electron chi connectivity index (χ1n) is 11.4. The molecule has 4 rings (SSSR count). The number of benzene rings is 1. The topological polar surface area (TPSA) is 62.2 Å². The summed E-state index contributed by atoms with van der Waals surface area (Å²) in [6.07, 6.45) is 7.74. The minimum absolute atomic E-state index is 0. The van der Waals surface area contributed by atoms with Crippen LogP contribution in [-0.4, -0.2) is 52.6 Å². The van der Waals surface area contributed by atoms with Crippen molar-refractivity contribution in [2.45, 2.75) is 51.7 Å². The van der Waals surface area contributed by atoms with E-state index in [1.54, 1.807) is 6.20 Å². The molecule has 0 unspecified atom stereocenters. The molecule has 3 heterocycles. The van der Waals surface area contributed by atoms with Crippen molar-refractivity contribution in [1.82, 2.24) is 25.1 Å². The van der Waals surface area contributed by atoms with Gasteiger partial charge in [0.25, 0.3) is 0 Å². The maximum absolute atomic E-state index is 12.2. The predicted molar refractivity (Wildman–Crippen MR) is 133 cm³/mol. The van der Waals surface area contributed by atoms with Gasteiger partial charge >= 0.3 is 0 Å². The number of carbonyl (C=O) groups excluding carboxylic acids is 1. The Morgan fingerprint density at radius 2 is 2.03 bits per heavy atom. The Bertz CT molecular complexity index is 816. The molecule has 2 aliphatic rings. The molecule has 1 aromatic carbocycles. The number of aromatic nitrogens is 2. The Labute approximate surface area is 204 Å². The first-order valence-corrected chi connectivity index (χ1v) is 11.4. The van der Waals surface area contributed by atoms with Crippen LogP contribution < -0.4 is 10.6 Å². The van der Waals surface area contributed by atoms with Crippen LogP contribution in [0.3, 0.4) is 0 Å². The van der Waals surface area contributed by atoms with Gasteiger partial charge in [0.2, 0.25) is 5.91 Å². The molecule has 0 radical (unpaired) electrons. The largest absolute Gasteiger partial charge is 0.354 e. The van der Waals surface area contributed by atoms with Gasteiger partial charge in [-0.15, -0.1) is 24.8 Å². The number of nitrogens with one attached hydrogen (secondary N) is 2. The minimum atomic E-state index is 0. The summed E-state index contributed by atoms with van der Waals surface area (Å²) >= 11 is 0. The van der Waals surface area contributed by atoms with Gasteiger partial charge < -0.3 is 15.2 Å². The molecule has 0 saturated carbocycles. The molecule has 1 amide bonds.